The largest absolute Gasteiger partial charge is 0.378 e. The maximum Gasteiger partial charge on any atom is 0.143 e. The molecule has 3 aromatic rings. The van der Waals surface area contributed by atoms with Crippen molar-refractivity contribution in [3.8, 4) is 5.69 Å². The van der Waals surface area contributed by atoms with E-state index < -0.39 is 0 Å². The first-order chi connectivity index (χ1) is 10.1. The zero-order valence-electron chi connectivity index (χ0n) is 11.6. The monoisotopic (exact) mass is 363 g/mol. The number of halogens is 1. The van der Waals surface area contributed by atoms with Gasteiger partial charge >= 0.3 is 0 Å². The summed E-state index contributed by atoms with van der Waals surface area (Å²) in [4.78, 5) is 1.30. The average molecular weight is 364 g/mol. The van der Waals surface area contributed by atoms with Crippen LogP contribution in [0.1, 0.15) is 23.4 Å². The third kappa shape index (κ3) is 3.14. The molecule has 0 amide bonds. The minimum atomic E-state index is 0.264. The molecule has 1 N–H and O–H groups in total. The van der Waals surface area contributed by atoms with Crippen molar-refractivity contribution in [2.24, 2.45) is 0 Å². The van der Waals surface area contributed by atoms with Crippen LogP contribution in [0.3, 0.4) is 0 Å². The fourth-order valence-electron chi connectivity index (χ4n) is 2.16. The lowest BCUT2D eigenvalue weighted by Crippen LogP contribution is -2.06. The highest BCUT2D eigenvalue weighted by Gasteiger charge is 2.09. The zero-order valence-corrected chi connectivity index (χ0v) is 14.0. The number of rotatable bonds is 4. The van der Waals surface area contributed by atoms with Gasteiger partial charge in [0, 0.05) is 10.6 Å². The van der Waals surface area contributed by atoms with Crippen molar-refractivity contribution in [1.82, 2.24) is 20.2 Å². The van der Waals surface area contributed by atoms with Gasteiger partial charge in [-0.25, -0.2) is 4.68 Å². The Morgan fingerprint density at radius 1 is 1.29 bits per heavy atom. The molecule has 0 aliphatic rings. The van der Waals surface area contributed by atoms with E-state index in [1.807, 2.05) is 12.1 Å². The maximum absolute atomic E-state index is 3.92. The Morgan fingerprint density at radius 3 is 2.76 bits per heavy atom. The lowest BCUT2D eigenvalue weighted by atomic mass is 10.1. The van der Waals surface area contributed by atoms with Gasteiger partial charge in [0.05, 0.1) is 15.5 Å². The number of benzene rings is 1. The van der Waals surface area contributed by atoms with E-state index >= 15 is 0 Å². The van der Waals surface area contributed by atoms with Crippen molar-refractivity contribution in [1.29, 1.82) is 0 Å². The maximum atomic E-state index is 3.92. The molecule has 0 bridgehead atoms. The fraction of sp³-hybridized carbons (Fsp3) is 0.214. The number of hydrogen-bond acceptors (Lipinski definition) is 5. The van der Waals surface area contributed by atoms with E-state index in [-0.39, 0.29) is 6.04 Å². The SMILES string of the molecule is Cc1cc(NC(C)c2ccc(Br)s2)ccc1-n1cnnn1. The average Bonchev–Trinajstić information content (AvgIpc) is 3.10. The molecule has 0 aliphatic heterocycles. The van der Waals surface area contributed by atoms with Crippen LogP contribution in [0.15, 0.2) is 40.4 Å². The summed E-state index contributed by atoms with van der Waals surface area (Å²) in [6, 6.07) is 10.6. The first-order valence-electron chi connectivity index (χ1n) is 6.49. The van der Waals surface area contributed by atoms with E-state index in [0.717, 1.165) is 20.7 Å². The Balaban J connectivity index is 1.79. The molecule has 0 saturated carbocycles. The van der Waals surface area contributed by atoms with E-state index in [0.29, 0.717) is 0 Å². The number of aromatic nitrogens is 4. The lowest BCUT2D eigenvalue weighted by Gasteiger charge is -2.15. The predicted molar refractivity (Wildman–Crippen MR) is 87.9 cm³/mol. The van der Waals surface area contributed by atoms with Crippen LogP contribution in [0.25, 0.3) is 5.69 Å². The summed E-state index contributed by atoms with van der Waals surface area (Å²) in [6.45, 7) is 4.21. The van der Waals surface area contributed by atoms with Crippen molar-refractivity contribution in [2.45, 2.75) is 19.9 Å². The molecule has 0 aliphatic carbocycles. The molecule has 1 atom stereocenters. The lowest BCUT2D eigenvalue weighted by molar-refractivity contribution is 0.785. The van der Waals surface area contributed by atoms with Crippen LogP contribution >= 0.6 is 27.3 Å². The summed E-state index contributed by atoms with van der Waals surface area (Å²) in [7, 11) is 0. The van der Waals surface area contributed by atoms with E-state index in [1.165, 1.54) is 4.88 Å². The molecule has 108 valence electrons. The van der Waals surface area contributed by atoms with Gasteiger partial charge in [0.15, 0.2) is 0 Å². The van der Waals surface area contributed by atoms with Crippen molar-refractivity contribution < 1.29 is 0 Å². The molecule has 21 heavy (non-hydrogen) atoms. The molecule has 0 spiro atoms. The van der Waals surface area contributed by atoms with Crippen LogP contribution in [0, 0.1) is 6.92 Å². The highest BCUT2D eigenvalue weighted by Crippen LogP contribution is 2.29. The molecule has 2 heterocycles. The number of thiophene rings is 1. The van der Waals surface area contributed by atoms with Crippen LogP contribution in [0.4, 0.5) is 5.69 Å². The second kappa shape index (κ2) is 5.95. The van der Waals surface area contributed by atoms with Gasteiger partial charge in [0.25, 0.3) is 0 Å². The minimum absolute atomic E-state index is 0.264. The third-order valence-electron chi connectivity index (χ3n) is 3.20. The first kappa shape index (κ1) is 14.2. The Labute approximate surface area is 135 Å². The van der Waals surface area contributed by atoms with Crippen molar-refractivity contribution in [2.75, 3.05) is 5.32 Å². The van der Waals surface area contributed by atoms with Crippen molar-refractivity contribution >= 4 is 33.0 Å². The van der Waals surface area contributed by atoms with E-state index in [4.69, 9.17) is 0 Å². The van der Waals surface area contributed by atoms with Crippen molar-refractivity contribution in [3.05, 3.63) is 50.9 Å². The molecule has 7 heteroatoms. The summed E-state index contributed by atoms with van der Waals surface area (Å²) in [5, 5.41) is 14.8. The second-order valence-corrected chi connectivity index (χ2v) is 7.26. The van der Waals surface area contributed by atoms with E-state index in [9.17, 15) is 0 Å². The quantitative estimate of drug-likeness (QED) is 0.761. The molecule has 0 radical (unpaired) electrons. The smallest absolute Gasteiger partial charge is 0.143 e. The number of nitrogens with zero attached hydrogens (tertiary/aromatic N) is 4. The van der Waals surface area contributed by atoms with Gasteiger partial charge in [0.2, 0.25) is 0 Å². The molecular weight excluding hydrogens is 350 g/mol. The number of anilines is 1. The van der Waals surface area contributed by atoms with Crippen LogP contribution in [0.2, 0.25) is 0 Å². The molecule has 3 rings (SSSR count). The molecule has 2 aromatic heterocycles. The Kier molecular flexibility index (Phi) is 4.03. The predicted octanol–water partition coefficient (Wildman–Crippen LogP) is 3.97. The zero-order chi connectivity index (χ0) is 14.8. The number of nitrogens with one attached hydrogen (secondary N) is 1. The molecular formula is C14H14BrN5S. The summed E-state index contributed by atoms with van der Waals surface area (Å²) in [5.41, 5.74) is 3.19. The first-order valence-corrected chi connectivity index (χ1v) is 8.10. The fourth-order valence-corrected chi connectivity index (χ4v) is 3.58. The topological polar surface area (TPSA) is 55.6 Å². The van der Waals surface area contributed by atoms with Gasteiger partial charge in [-0.3, -0.25) is 0 Å². The van der Waals surface area contributed by atoms with Gasteiger partial charge < -0.3 is 5.32 Å². The molecule has 0 saturated heterocycles. The normalized spacial score (nSPS) is 12.3. The third-order valence-corrected chi connectivity index (χ3v) is 5.00. The van der Waals surface area contributed by atoms with Crippen LogP contribution < -0.4 is 5.32 Å². The highest BCUT2D eigenvalue weighted by molar-refractivity contribution is 9.11. The van der Waals surface area contributed by atoms with Gasteiger partial charge in [-0.1, -0.05) is 0 Å². The summed E-state index contributed by atoms with van der Waals surface area (Å²) in [5.74, 6) is 0. The Hall–Kier alpha value is -1.73. The van der Waals surface area contributed by atoms with Gasteiger partial charge in [0.1, 0.15) is 6.33 Å². The van der Waals surface area contributed by atoms with Gasteiger partial charge in [-0.15, -0.1) is 16.4 Å². The molecule has 5 nitrogen and oxygen atoms in total. The van der Waals surface area contributed by atoms with Crippen LogP contribution in [-0.2, 0) is 0 Å². The Bertz CT molecular complexity index is 738. The summed E-state index contributed by atoms with van der Waals surface area (Å²) in [6.07, 6.45) is 1.60. The molecule has 1 aromatic carbocycles. The molecule has 0 fully saturated rings. The van der Waals surface area contributed by atoms with Crippen molar-refractivity contribution in [3.63, 3.8) is 0 Å². The standard InChI is InChI=1S/C14H14BrN5S/c1-9-7-11(3-4-12(9)20-8-16-18-19-20)17-10(2)13-5-6-14(15)21-13/h3-8,10,17H,1-2H3. The molecule has 1 unspecified atom stereocenters. The summed E-state index contributed by atoms with van der Waals surface area (Å²) < 4.78 is 2.82. The van der Waals surface area contributed by atoms with Crippen LogP contribution in [-0.4, -0.2) is 20.2 Å². The number of hydrogen-bond donors (Lipinski definition) is 1. The summed E-state index contributed by atoms with van der Waals surface area (Å²) >= 11 is 5.24. The Morgan fingerprint density at radius 2 is 2.14 bits per heavy atom. The van der Waals surface area contributed by atoms with Crippen LogP contribution in [0.5, 0.6) is 0 Å². The number of tetrazole rings is 1. The second-order valence-electron chi connectivity index (χ2n) is 4.76. The van der Waals surface area contributed by atoms with Gasteiger partial charge in [-0.05, 0) is 76.1 Å². The highest BCUT2D eigenvalue weighted by atomic mass is 79.9. The minimum Gasteiger partial charge on any atom is -0.378 e. The van der Waals surface area contributed by atoms with Gasteiger partial charge in [-0.2, -0.15) is 0 Å². The number of aryl methyl sites for hydroxylation is 1. The van der Waals surface area contributed by atoms with E-state index in [1.54, 1.807) is 22.3 Å². The van der Waals surface area contributed by atoms with E-state index in [2.05, 4.69) is 68.8 Å².